The zero-order valence-electron chi connectivity index (χ0n) is 8.34. The predicted octanol–water partition coefficient (Wildman–Crippen LogP) is 1.73. The topological polar surface area (TPSA) is 61.0 Å². The van der Waals surface area contributed by atoms with E-state index < -0.39 is 0 Å². The minimum Gasteiger partial charge on any atom is -0.481 e. The van der Waals surface area contributed by atoms with Crippen LogP contribution >= 0.6 is 0 Å². The third-order valence-corrected chi connectivity index (χ3v) is 2.11. The summed E-state index contributed by atoms with van der Waals surface area (Å²) < 4.78 is 5.04. The van der Waals surface area contributed by atoms with Gasteiger partial charge in [-0.15, -0.1) is 0 Å². The smallest absolute Gasteiger partial charge is 0.213 e. The van der Waals surface area contributed by atoms with E-state index in [1.165, 1.54) is 0 Å². The van der Waals surface area contributed by atoms with Crippen molar-refractivity contribution in [3.8, 4) is 17.0 Å². The molecule has 15 heavy (non-hydrogen) atoms. The molecule has 0 aliphatic carbocycles. The first-order valence-electron chi connectivity index (χ1n) is 4.51. The summed E-state index contributed by atoms with van der Waals surface area (Å²) in [6, 6.07) is 5.46. The molecular formula is C11H11N3O. The summed E-state index contributed by atoms with van der Waals surface area (Å²) in [4.78, 5) is 8.07. The van der Waals surface area contributed by atoms with Gasteiger partial charge in [0.1, 0.15) is 0 Å². The van der Waals surface area contributed by atoms with Crippen LogP contribution in [0.1, 0.15) is 0 Å². The standard InChI is InChI=1S/C11H11N3O/c1-15-11-6-8(2-5-14-11)9-7-13-4-3-10(9)12/h2-7H,1H3,(H2,12,13). The van der Waals surface area contributed by atoms with E-state index in [2.05, 4.69) is 9.97 Å². The normalized spacial score (nSPS) is 9.93. The van der Waals surface area contributed by atoms with Gasteiger partial charge < -0.3 is 10.5 Å². The van der Waals surface area contributed by atoms with Crippen LogP contribution in [0.4, 0.5) is 5.69 Å². The van der Waals surface area contributed by atoms with Crippen LogP contribution in [-0.2, 0) is 0 Å². The van der Waals surface area contributed by atoms with Crippen LogP contribution < -0.4 is 10.5 Å². The lowest BCUT2D eigenvalue weighted by Crippen LogP contribution is -1.92. The van der Waals surface area contributed by atoms with Crippen LogP contribution in [0.25, 0.3) is 11.1 Å². The molecule has 0 amide bonds. The summed E-state index contributed by atoms with van der Waals surface area (Å²) in [7, 11) is 1.58. The fourth-order valence-corrected chi connectivity index (χ4v) is 1.34. The molecule has 4 heteroatoms. The molecule has 0 bridgehead atoms. The minimum atomic E-state index is 0.566. The lowest BCUT2D eigenvalue weighted by molar-refractivity contribution is 0.398. The van der Waals surface area contributed by atoms with Gasteiger partial charge >= 0.3 is 0 Å². The largest absolute Gasteiger partial charge is 0.481 e. The van der Waals surface area contributed by atoms with Crippen molar-refractivity contribution in [2.24, 2.45) is 0 Å². The summed E-state index contributed by atoms with van der Waals surface area (Å²) in [5.74, 6) is 0.566. The summed E-state index contributed by atoms with van der Waals surface area (Å²) in [6.07, 6.45) is 5.07. The molecule has 0 aliphatic heterocycles. The number of hydrogen-bond acceptors (Lipinski definition) is 4. The number of nitrogen functional groups attached to an aromatic ring is 1. The Balaban J connectivity index is 2.49. The van der Waals surface area contributed by atoms with Gasteiger partial charge in [0.05, 0.1) is 7.11 Å². The molecule has 0 aromatic carbocycles. The van der Waals surface area contributed by atoms with E-state index in [4.69, 9.17) is 10.5 Å². The van der Waals surface area contributed by atoms with Crippen LogP contribution in [0, 0.1) is 0 Å². The van der Waals surface area contributed by atoms with E-state index in [0.717, 1.165) is 11.1 Å². The molecule has 4 nitrogen and oxygen atoms in total. The Hall–Kier alpha value is -2.10. The second-order valence-corrected chi connectivity index (χ2v) is 3.05. The van der Waals surface area contributed by atoms with Crippen molar-refractivity contribution in [3.05, 3.63) is 36.8 Å². The second-order valence-electron chi connectivity index (χ2n) is 3.05. The Bertz CT molecular complexity index is 471. The number of ether oxygens (including phenoxy) is 1. The maximum absolute atomic E-state index is 5.84. The van der Waals surface area contributed by atoms with Crippen molar-refractivity contribution in [3.63, 3.8) is 0 Å². The summed E-state index contributed by atoms with van der Waals surface area (Å²) in [5, 5.41) is 0. The first kappa shape index (κ1) is 9.45. The zero-order valence-corrected chi connectivity index (χ0v) is 8.34. The van der Waals surface area contributed by atoms with Crippen LogP contribution in [0.5, 0.6) is 5.88 Å². The van der Waals surface area contributed by atoms with Crippen molar-refractivity contribution in [2.45, 2.75) is 0 Å². The Morgan fingerprint density at radius 3 is 2.87 bits per heavy atom. The van der Waals surface area contributed by atoms with E-state index in [1.54, 1.807) is 31.8 Å². The van der Waals surface area contributed by atoms with Gasteiger partial charge in [-0.2, -0.15) is 0 Å². The Morgan fingerprint density at radius 1 is 1.27 bits per heavy atom. The highest BCUT2D eigenvalue weighted by atomic mass is 16.5. The number of nitrogens with two attached hydrogens (primary N) is 1. The maximum atomic E-state index is 5.84. The fraction of sp³-hybridized carbons (Fsp3) is 0.0909. The molecule has 2 heterocycles. The molecular weight excluding hydrogens is 190 g/mol. The van der Waals surface area contributed by atoms with Crippen LogP contribution in [0.2, 0.25) is 0 Å². The van der Waals surface area contributed by atoms with Gasteiger partial charge in [0.15, 0.2) is 0 Å². The monoisotopic (exact) mass is 201 g/mol. The van der Waals surface area contributed by atoms with Gasteiger partial charge in [0, 0.05) is 35.9 Å². The van der Waals surface area contributed by atoms with Crippen molar-refractivity contribution in [2.75, 3.05) is 12.8 Å². The van der Waals surface area contributed by atoms with E-state index in [0.29, 0.717) is 11.6 Å². The van der Waals surface area contributed by atoms with Crippen LogP contribution in [-0.4, -0.2) is 17.1 Å². The first-order chi connectivity index (χ1) is 7.31. The van der Waals surface area contributed by atoms with Gasteiger partial charge in [-0.3, -0.25) is 4.98 Å². The molecule has 2 aromatic rings. The van der Waals surface area contributed by atoms with Gasteiger partial charge in [-0.05, 0) is 17.7 Å². The van der Waals surface area contributed by atoms with E-state index in [-0.39, 0.29) is 0 Å². The van der Waals surface area contributed by atoms with Crippen molar-refractivity contribution in [1.29, 1.82) is 0 Å². The van der Waals surface area contributed by atoms with Gasteiger partial charge in [-0.1, -0.05) is 0 Å². The molecule has 0 aliphatic rings. The molecule has 0 spiro atoms. The van der Waals surface area contributed by atoms with Crippen LogP contribution in [0.15, 0.2) is 36.8 Å². The molecule has 0 radical (unpaired) electrons. The van der Waals surface area contributed by atoms with Crippen LogP contribution in [0.3, 0.4) is 0 Å². The van der Waals surface area contributed by atoms with Crippen molar-refractivity contribution in [1.82, 2.24) is 9.97 Å². The van der Waals surface area contributed by atoms with Crippen molar-refractivity contribution < 1.29 is 4.74 Å². The summed E-state index contributed by atoms with van der Waals surface area (Å²) in [6.45, 7) is 0. The lowest BCUT2D eigenvalue weighted by atomic mass is 10.1. The predicted molar refractivity (Wildman–Crippen MR) is 58.4 cm³/mol. The number of nitrogens with zero attached hydrogens (tertiary/aromatic N) is 2. The average Bonchev–Trinajstić information content (AvgIpc) is 2.30. The molecule has 0 atom stereocenters. The fourth-order valence-electron chi connectivity index (χ4n) is 1.34. The van der Waals surface area contributed by atoms with Crippen molar-refractivity contribution >= 4 is 5.69 Å². The Morgan fingerprint density at radius 2 is 2.13 bits per heavy atom. The number of aromatic nitrogens is 2. The highest BCUT2D eigenvalue weighted by Gasteiger charge is 2.03. The molecule has 0 saturated heterocycles. The van der Waals surface area contributed by atoms with Gasteiger partial charge in [-0.25, -0.2) is 4.98 Å². The SMILES string of the molecule is COc1cc(-c2cnccc2N)ccn1. The van der Waals surface area contributed by atoms with E-state index in [1.807, 2.05) is 12.1 Å². The maximum Gasteiger partial charge on any atom is 0.213 e. The average molecular weight is 201 g/mol. The van der Waals surface area contributed by atoms with Gasteiger partial charge in [0.25, 0.3) is 0 Å². The quantitative estimate of drug-likeness (QED) is 0.803. The Kier molecular flexibility index (Phi) is 2.49. The molecule has 2 rings (SSSR count). The number of anilines is 1. The Labute approximate surface area is 87.7 Å². The molecule has 0 fully saturated rings. The number of methoxy groups -OCH3 is 1. The third kappa shape index (κ3) is 1.88. The zero-order chi connectivity index (χ0) is 10.7. The third-order valence-electron chi connectivity index (χ3n) is 2.11. The molecule has 76 valence electrons. The van der Waals surface area contributed by atoms with E-state index in [9.17, 15) is 0 Å². The summed E-state index contributed by atoms with van der Waals surface area (Å²) in [5.41, 5.74) is 8.37. The molecule has 2 aromatic heterocycles. The second kappa shape index (κ2) is 3.96. The molecule has 0 saturated carbocycles. The van der Waals surface area contributed by atoms with E-state index >= 15 is 0 Å². The number of hydrogen-bond donors (Lipinski definition) is 1. The number of rotatable bonds is 2. The first-order valence-corrected chi connectivity index (χ1v) is 4.51. The molecule has 0 unspecified atom stereocenters. The minimum absolute atomic E-state index is 0.566. The number of pyridine rings is 2. The summed E-state index contributed by atoms with van der Waals surface area (Å²) >= 11 is 0. The van der Waals surface area contributed by atoms with Gasteiger partial charge in [0.2, 0.25) is 5.88 Å². The lowest BCUT2D eigenvalue weighted by Gasteiger charge is -2.05. The molecule has 2 N–H and O–H groups in total. The highest BCUT2D eigenvalue weighted by molar-refractivity contribution is 5.75. The highest BCUT2D eigenvalue weighted by Crippen LogP contribution is 2.25.